The summed E-state index contributed by atoms with van der Waals surface area (Å²) >= 11 is 1.04. The van der Waals surface area contributed by atoms with Gasteiger partial charge in [-0.15, -0.1) is 11.3 Å². The van der Waals surface area contributed by atoms with Gasteiger partial charge in [0.2, 0.25) is 0 Å². The monoisotopic (exact) mass is 264 g/mol. The molecule has 0 atom stereocenters. The number of thiophene rings is 1. The van der Waals surface area contributed by atoms with Crippen LogP contribution in [-0.4, -0.2) is 20.6 Å². The summed E-state index contributed by atoms with van der Waals surface area (Å²) in [5.41, 5.74) is 0.300. The quantitative estimate of drug-likeness (QED) is 0.861. The van der Waals surface area contributed by atoms with Gasteiger partial charge in [0, 0.05) is 6.54 Å². The zero-order valence-corrected chi connectivity index (χ0v) is 10.8. The molecule has 0 saturated heterocycles. The van der Waals surface area contributed by atoms with Gasteiger partial charge in [0.25, 0.3) is 5.56 Å². The highest BCUT2D eigenvalue weighted by molar-refractivity contribution is 7.20. The Morgan fingerprint density at radius 3 is 2.94 bits per heavy atom. The number of aryl methyl sites for hydroxylation is 1. The molecule has 2 aromatic heterocycles. The Labute approximate surface area is 107 Å². The predicted molar refractivity (Wildman–Crippen MR) is 70.4 cm³/mol. The van der Waals surface area contributed by atoms with Gasteiger partial charge in [0.1, 0.15) is 9.71 Å². The van der Waals surface area contributed by atoms with E-state index in [9.17, 15) is 9.59 Å². The third-order valence-electron chi connectivity index (χ3n) is 2.65. The number of allylic oxidation sites excluding steroid dienone is 2. The molecule has 0 unspecified atom stereocenters. The van der Waals surface area contributed by atoms with Gasteiger partial charge >= 0.3 is 5.97 Å². The van der Waals surface area contributed by atoms with Gasteiger partial charge in [-0.3, -0.25) is 9.36 Å². The Balaban J connectivity index is 2.70. The fraction of sp³-hybridized carbons (Fsp3) is 0.250. The van der Waals surface area contributed by atoms with Crippen molar-refractivity contribution in [2.24, 2.45) is 0 Å². The lowest BCUT2D eigenvalue weighted by Gasteiger charge is -2.01. The lowest BCUT2D eigenvalue weighted by Crippen LogP contribution is -2.19. The molecule has 0 spiro atoms. The maximum Gasteiger partial charge on any atom is 0.346 e. The molecule has 2 rings (SSSR count). The molecule has 94 valence electrons. The van der Waals surface area contributed by atoms with Crippen molar-refractivity contribution in [1.82, 2.24) is 9.55 Å². The molecular weight excluding hydrogens is 252 g/mol. The molecule has 0 amide bonds. The van der Waals surface area contributed by atoms with Crippen molar-refractivity contribution < 1.29 is 9.90 Å². The van der Waals surface area contributed by atoms with Gasteiger partial charge in [-0.1, -0.05) is 12.2 Å². The van der Waals surface area contributed by atoms with Crippen molar-refractivity contribution >= 4 is 27.5 Å². The van der Waals surface area contributed by atoms with Crippen LogP contribution < -0.4 is 5.56 Å². The Morgan fingerprint density at radius 2 is 2.33 bits per heavy atom. The molecular formula is C12H12N2O3S. The first-order valence-corrected chi connectivity index (χ1v) is 6.21. The van der Waals surface area contributed by atoms with Crippen molar-refractivity contribution in [2.75, 3.05) is 0 Å². The van der Waals surface area contributed by atoms with Crippen LogP contribution in [0.3, 0.4) is 0 Å². The number of carbonyl (C=O) groups is 1. The normalized spacial score (nSPS) is 11.4. The summed E-state index contributed by atoms with van der Waals surface area (Å²) in [6, 6.07) is 0. The van der Waals surface area contributed by atoms with Crippen LogP contribution in [0.25, 0.3) is 10.2 Å². The number of aromatic nitrogens is 2. The highest BCUT2D eigenvalue weighted by Gasteiger charge is 2.18. The lowest BCUT2D eigenvalue weighted by molar-refractivity contribution is 0.0701. The van der Waals surface area contributed by atoms with Crippen LogP contribution in [0.15, 0.2) is 23.3 Å². The predicted octanol–water partition coefficient (Wildman–Crippen LogP) is 2.04. The van der Waals surface area contributed by atoms with E-state index in [4.69, 9.17) is 5.11 Å². The fourth-order valence-corrected chi connectivity index (χ4v) is 2.69. The number of hydrogen-bond donors (Lipinski definition) is 1. The van der Waals surface area contributed by atoms with E-state index in [1.54, 1.807) is 6.92 Å². The van der Waals surface area contributed by atoms with Gasteiger partial charge < -0.3 is 5.11 Å². The second-order valence-electron chi connectivity index (χ2n) is 3.81. The molecule has 18 heavy (non-hydrogen) atoms. The van der Waals surface area contributed by atoms with Crippen molar-refractivity contribution in [2.45, 2.75) is 20.4 Å². The van der Waals surface area contributed by atoms with Gasteiger partial charge in [0.15, 0.2) is 0 Å². The van der Waals surface area contributed by atoms with Crippen LogP contribution in [-0.2, 0) is 6.54 Å². The van der Waals surface area contributed by atoms with E-state index in [0.29, 0.717) is 22.3 Å². The third-order valence-corrected chi connectivity index (χ3v) is 3.84. The fourth-order valence-electron chi connectivity index (χ4n) is 1.71. The maximum atomic E-state index is 12.2. The third kappa shape index (κ3) is 1.95. The molecule has 0 fully saturated rings. The topological polar surface area (TPSA) is 72.2 Å². The van der Waals surface area contributed by atoms with E-state index in [0.717, 1.165) is 11.3 Å². The number of hydrogen-bond acceptors (Lipinski definition) is 4. The van der Waals surface area contributed by atoms with Gasteiger partial charge in [-0.2, -0.15) is 0 Å². The van der Waals surface area contributed by atoms with Crippen molar-refractivity contribution in [3.05, 3.63) is 39.3 Å². The van der Waals surface area contributed by atoms with Crippen LogP contribution in [0.5, 0.6) is 0 Å². The molecule has 0 aromatic carbocycles. The number of fused-ring (bicyclic) bond motifs is 1. The minimum Gasteiger partial charge on any atom is -0.477 e. The largest absolute Gasteiger partial charge is 0.477 e. The highest BCUT2D eigenvalue weighted by atomic mass is 32.1. The second kappa shape index (κ2) is 4.73. The minimum absolute atomic E-state index is 0.179. The summed E-state index contributed by atoms with van der Waals surface area (Å²) in [5, 5.41) is 9.44. The molecule has 0 saturated carbocycles. The number of carboxylic acids is 1. The van der Waals surface area contributed by atoms with Crippen molar-refractivity contribution in [1.29, 1.82) is 0 Å². The van der Waals surface area contributed by atoms with Crippen LogP contribution in [0, 0.1) is 6.92 Å². The first-order valence-electron chi connectivity index (χ1n) is 5.39. The number of nitrogens with zero attached hydrogens (tertiary/aromatic N) is 2. The molecule has 0 radical (unpaired) electrons. The van der Waals surface area contributed by atoms with Crippen LogP contribution in [0.4, 0.5) is 0 Å². The molecule has 0 aliphatic carbocycles. The molecule has 6 heteroatoms. The second-order valence-corrected chi connectivity index (χ2v) is 4.81. The Kier molecular flexibility index (Phi) is 3.29. The molecule has 0 aliphatic rings. The van der Waals surface area contributed by atoms with Crippen molar-refractivity contribution in [3.63, 3.8) is 0 Å². The summed E-state index contributed by atoms with van der Waals surface area (Å²) in [5.74, 6) is -1.02. The Morgan fingerprint density at radius 1 is 1.61 bits per heavy atom. The standard InChI is InChI=1S/C12H12N2O3S/c1-3-4-5-14-6-13-10-8(11(14)15)7(2)9(18-10)12(16)17/h3-4,6H,5H2,1-2H3,(H,16,17). The molecule has 1 N–H and O–H groups in total. The van der Waals surface area contributed by atoms with E-state index in [1.807, 2.05) is 19.1 Å². The summed E-state index contributed by atoms with van der Waals surface area (Å²) < 4.78 is 1.47. The number of carboxylic acid groups (broad SMARTS) is 1. The van der Waals surface area contributed by atoms with Gasteiger partial charge in [-0.25, -0.2) is 9.78 Å². The number of aromatic carboxylic acids is 1. The van der Waals surface area contributed by atoms with E-state index in [-0.39, 0.29) is 10.4 Å². The molecule has 0 aliphatic heterocycles. The Bertz CT molecular complexity index is 697. The van der Waals surface area contributed by atoms with Crippen LogP contribution in [0.2, 0.25) is 0 Å². The maximum absolute atomic E-state index is 12.2. The zero-order chi connectivity index (χ0) is 13.3. The summed E-state index contributed by atoms with van der Waals surface area (Å²) in [6.07, 6.45) is 5.14. The highest BCUT2D eigenvalue weighted by Crippen LogP contribution is 2.26. The van der Waals surface area contributed by atoms with E-state index >= 15 is 0 Å². The summed E-state index contributed by atoms with van der Waals surface area (Å²) in [4.78, 5) is 28.0. The molecule has 5 nitrogen and oxygen atoms in total. The average Bonchev–Trinajstić information content (AvgIpc) is 2.67. The molecule has 2 heterocycles. The van der Waals surface area contributed by atoms with E-state index < -0.39 is 5.97 Å². The smallest absolute Gasteiger partial charge is 0.346 e. The van der Waals surface area contributed by atoms with E-state index in [1.165, 1.54) is 10.9 Å². The summed E-state index contributed by atoms with van der Waals surface area (Å²) in [6.45, 7) is 3.96. The average molecular weight is 264 g/mol. The Hall–Kier alpha value is -1.95. The van der Waals surface area contributed by atoms with Crippen LogP contribution in [0.1, 0.15) is 22.2 Å². The number of rotatable bonds is 3. The molecule has 2 aromatic rings. The first-order chi connectivity index (χ1) is 8.56. The lowest BCUT2D eigenvalue weighted by atomic mass is 10.2. The van der Waals surface area contributed by atoms with Gasteiger partial charge in [-0.05, 0) is 19.4 Å². The minimum atomic E-state index is -1.02. The zero-order valence-electron chi connectivity index (χ0n) is 10.0. The van der Waals surface area contributed by atoms with Crippen molar-refractivity contribution in [3.8, 4) is 0 Å². The van der Waals surface area contributed by atoms with Crippen LogP contribution >= 0.6 is 11.3 Å². The summed E-state index contributed by atoms with van der Waals surface area (Å²) in [7, 11) is 0. The first kappa shape index (κ1) is 12.5. The van der Waals surface area contributed by atoms with Gasteiger partial charge in [0.05, 0.1) is 11.7 Å². The molecule has 0 bridgehead atoms. The van der Waals surface area contributed by atoms with E-state index in [2.05, 4.69) is 4.98 Å². The SMILES string of the molecule is CC=CCn1cnc2sc(C(=O)O)c(C)c2c1=O.